The van der Waals surface area contributed by atoms with Crippen molar-refractivity contribution in [3.05, 3.63) is 53.3 Å². The van der Waals surface area contributed by atoms with E-state index in [0.29, 0.717) is 45.0 Å². The topological polar surface area (TPSA) is 83.0 Å². The molecular weight excluding hydrogens is 569 g/mol. The average molecular weight is 611 g/mol. The molecule has 1 saturated carbocycles. The number of rotatable bonds is 7. The summed E-state index contributed by atoms with van der Waals surface area (Å²) in [5, 5.41) is 0. The molecule has 0 bridgehead atoms. The van der Waals surface area contributed by atoms with Crippen LogP contribution in [0, 0.1) is 12.8 Å². The highest BCUT2D eigenvalue weighted by Crippen LogP contribution is 2.37. The summed E-state index contributed by atoms with van der Waals surface area (Å²) in [6, 6.07) is 10.0. The first kappa shape index (κ1) is 32.1. The van der Waals surface area contributed by atoms with Crippen molar-refractivity contribution >= 4 is 27.5 Å². The molecule has 2 heterocycles. The number of amides is 1. The Morgan fingerprint density at radius 3 is 2.40 bits per heavy atom. The lowest BCUT2D eigenvalue weighted by atomic mass is 9.97. The number of aryl methyl sites for hydroxylation is 1. The molecule has 1 amide bonds. The first-order valence-electron chi connectivity index (χ1n) is 14.4. The SMILES string of the molecule is Cc1cc(N(C)C(=O)OC(C)(C)C)cc(CN2c3ccccc3CN(S(=O)(=O)C(F)(F)F)CC2CCC2CCCC2)n1. The summed E-state index contributed by atoms with van der Waals surface area (Å²) in [4.78, 5) is 20.9. The summed E-state index contributed by atoms with van der Waals surface area (Å²) in [6.45, 7) is 6.72. The van der Waals surface area contributed by atoms with Gasteiger partial charge < -0.3 is 9.64 Å². The predicted octanol–water partition coefficient (Wildman–Crippen LogP) is 6.77. The highest BCUT2D eigenvalue weighted by Gasteiger charge is 2.51. The number of halogens is 3. The van der Waals surface area contributed by atoms with Crippen molar-refractivity contribution in [3.63, 3.8) is 0 Å². The van der Waals surface area contributed by atoms with Gasteiger partial charge in [0.2, 0.25) is 0 Å². The second-order valence-corrected chi connectivity index (χ2v) is 14.3. The van der Waals surface area contributed by atoms with Crippen LogP contribution in [0.3, 0.4) is 0 Å². The molecule has 0 spiro atoms. The number of alkyl halides is 3. The molecule has 0 saturated heterocycles. The first-order valence-corrected chi connectivity index (χ1v) is 15.8. The van der Waals surface area contributed by atoms with E-state index in [0.717, 1.165) is 32.1 Å². The minimum absolute atomic E-state index is 0.225. The summed E-state index contributed by atoms with van der Waals surface area (Å²) in [7, 11) is -3.94. The quantitative estimate of drug-likeness (QED) is 0.344. The fraction of sp³-hybridized carbons (Fsp3) is 0.600. The van der Waals surface area contributed by atoms with E-state index in [1.807, 2.05) is 17.9 Å². The second kappa shape index (κ2) is 12.4. The second-order valence-electron chi connectivity index (χ2n) is 12.4. The van der Waals surface area contributed by atoms with Crippen molar-refractivity contribution in [2.24, 2.45) is 5.92 Å². The van der Waals surface area contributed by atoms with E-state index in [9.17, 15) is 26.4 Å². The number of hydrogen-bond donors (Lipinski definition) is 0. The van der Waals surface area contributed by atoms with E-state index in [4.69, 9.17) is 9.72 Å². The van der Waals surface area contributed by atoms with Crippen LogP contribution >= 0.6 is 0 Å². The van der Waals surface area contributed by atoms with Crippen molar-refractivity contribution in [3.8, 4) is 0 Å². The summed E-state index contributed by atoms with van der Waals surface area (Å²) < 4.78 is 72.8. The third-order valence-electron chi connectivity index (χ3n) is 7.90. The number of fused-ring (bicyclic) bond motifs is 1. The highest BCUT2D eigenvalue weighted by atomic mass is 32.2. The largest absolute Gasteiger partial charge is 0.511 e. The molecule has 1 atom stereocenters. The smallest absolute Gasteiger partial charge is 0.443 e. The number of carbonyl (C=O) groups excluding carboxylic acids is 1. The highest BCUT2D eigenvalue weighted by molar-refractivity contribution is 7.89. The monoisotopic (exact) mass is 610 g/mol. The molecule has 42 heavy (non-hydrogen) atoms. The van der Waals surface area contributed by atoms with Crippen molar-refractivity contribution in [1.29, 1.82) is 0 Å². The van der Waals surface area contributed by atoms with Crippen LogP contribution in [0.4, 0.5) is 29.3 Å². The third kappa shape index (κ3) is 7.55. The van der Waals surface area contributed by atoms with Gasteiger partial charge >= 0.3 is 21.6 Å². The van der Waals surface area contributed by atoms with Gasteiger partial charge in [-0.15, -0.1) is 0 Å². The number of aromatic nitrogens is 1. The first-order chi connectivity index (χ1) is 19.5. The van der Waals surface area contributed by atoms with Gasteiger partial charge in [-0.05, 0) is 70.2 Å². The number of ether oxygens (including phenoxy) is 1. The normalized spacial score (nSPS) is 19.0. The third-order valence-corrected chi connectivity index (χ3v) is 9.44. The number of carbonyl (C=O) groups is 1. The fourth-order valence-corrected chi connectivity index (χ4v) is 6.80. The lowest BCUT2D eigenvalue weighted by Crippen LogP contribution is -2.47. The number of pyridine rings is 1. The van der Waals surface area contributed by atoms with Crippen molar-refractivity contribution in [2.45, 2.75) is 96.5 Å². The number of sulfonamides is 1. The summed E-state index contributed by atoms with van der Waals surface area (Å²) in [5.41, 5.74) is -3.07. The maximum Gasteiger partial charge on any atom is 0.511 e. The van der Waals surface area contributed by atoms with E-state index in [-0.39, 0.29) is 19.6 Å². The van der Waals surface area contributed by atoms with Crippen molar-refractivity contribution in [1.82, 2.24) is 9.29 Å². The zero-order valence-corrected chi connectivity index (χ0v) is 25.8. The molecule has 1 aromatic carbocycles. The van der Waals surface area contributed by atoms with Crippen LogP contribution in [0.1, 0.15) is 76.2 Å². The maximum atomic E-state index is 13.8. The molecule has 1 fully saturated rings. The number of hydrogen-bond acceptors (Lipinski definition) is 6. The molecule has 4 rings (SSSR count). The summed E-state index contributed by atoms with van der Waals surface area (Å²) in [6.07, 6.45) is 5.24. The van der Waals surface area contributed by atoms with E-state index < -0.39 is 33.3 Å². The Kier molecular flexibility index (Phi) is 9.46. The average Bonchev–Trinajstić information content (AvgIpc) is 3.35. The lowest BCUT2D eigenvalue weighted by molar-refractivity contribution is -0.0492. The van der Waals surface area contributed by atoms with Crippen LogP contribution in [-0.4, -0.2) is 54.5 Å². The molecular formula is C30H41F3N4O4S. The van der Waals surface area contributed by atoms with Gasteiger partial charge in [-0.3, -0.25) is 9.88 Å². The van der Waals surface area contributed by atoms with Crippen LogP contribution in [0.5, 0.6) is 0 Å². The molecule has 232 valence electrons. The Labute approximate surface area is 246 Å². The zero-order valence-electron chi connectivity index (χ0n) is 24.9. The number of para-hydroxylation sites is 1. The van der Waals surface area contributed by atoms with Gasteiger partial charge in [0, 0.05) is 37.6 Å². The summed E-state index contributed by atoms with van der Waals surface area (Å²) in [5.74, 6) is 0.476. The molecule has 1 aliphatic heterocycles. The Hall–Kier alpha value is -2.86. The molecule has 2 aliphatic rings. The molecule has 0 radical (unpaired) electrons. The van der Waals surface area contributed by atoms with Crippen LogP contribution in [0.2, 0.25) is 0 Å². The van der Waals surface area contributed by atoms with Gasteiger partial charge in [-0.25, -0.2) is 13.2 Å². The molecule has 0 N–H and O–H groups in total. The molecule has 1 aliphatic carbocycles. The molecule has 12 heteroatoms. The van der Waals surface area contributed by atoms with Gasteiger partial charge in [-0.1, -0.05) is 43.9 Å². The Balaban J connectivity index is 1.72. The van der Waals surface area contributed by atoms with Crippen molar-refractivity contribution < 1.29 is 31.1 Å². The fourth-order valence-electron chi connectivity index (χ4n) is 5.83. The molecule has 8 nitrogen and oxygen atoms in total. The van der Waals surface area contributed by atoms with Gasteiger partial charge in [-0.2, -0.15) is 17.5 Å². The Bertz CT molecular complexity index is 1370. The lowest BCUT2D eigenvalue weighted by Gasteiger charge is -2.35. The van der Waals surface area contributed by atoms with Gasteiger partial charge in [0.1, 0.15) is 5.60 Å². The van der Waals surface area contributed by atoms with E-state index >= 15 is 0 Å². The van der Waals surface area contributed by atoms with Gasteiger partial charge in [0.05, 0.1) is 17.9 Å². The number of anilines is 2. The molecule has 1 aromatic heterocycles. The van der Waals surface area contributed by atoms with E-state index in [1.165, 1.54) is 4.90 Å². The summed E-state index contributed by atoms with van der Waals surface area (Å²) >= 11 is 0. The maximum absolute atomic E-state index is 13.8. The van der Waals surface area contributed by atoms with Crippen LogP contribution < -0.4 is 9.80 Å². The van der Waals surface area contributed by atoms with E-state index in [1.54, 1.807) is 58.2 Å². The van der Waals surface area contributed by atoms with Gasteiger partial charge in [0.15, 0.2) is 0 Å². The Morgan fingerprint density at radius 1 is 1.10 bits per heavy atom. The standard InChI is InChI=1S/C30H41F3N4O4S/c1-21-16-26(35(5)28(38)41-29(2,3)4)17-24(34-21)19-37-25(15-14-22-10-6-7-11-22)20-36(42(39,40)30(31,32)33)18-23-12-8-9-13-27(23)37/h8-9,12-13,16-17,22,25H,6-7,10-11,14-15,18-20H2,1-5H3. The van der Waals surface area contributed by atoms with Crippen molar-refractivity contribution in [2.75, 3.05) is 23.4 Å². The van der Waals surface area contributed by atoms with Crippen LogP contribution in [-0.2, 0) is 27.8 Å². The van der Waals surface area contributed by atoms with Crippen LogP contribution in [0.25, 0.3) is 0 Å². The van der Waals surface area contributed by atoms with Crippen LogP contribution in [0.15, 0.2) is 36.4 Å². The number of nitrogens with zero attached hydrogens (tertiary/aromatic N) is 4. The predicted molar refractivity (Wildman–Crippen MR) is 157 cm³/mol. The minimum Gasteiger partial charge on any atom is -0.443 e. The zero-order chi connectivity index (χ0) is 30.9. The minimum atomic E-state index is -5.55. The molecule has 1 unspecified atom stereocenters. The molecule has 2 aromatic rings. The number of benzene rings is 1. The Morgan fingerprint density at radius 2 is 1.76 bits per heavy atom. The van der Waals surface area contributed by atoms with E-state index in [2.05, 4.69) is 0 Å². The van der Waals surface area contributed by atoms with Gasteiger partial charge in [0.25, 0.3) is 0 Å².